The van der Waals surface area contributed by atoms with Crippen molar-refractivity contribution in [2.45, 2.75) is 6.42 Å². The van der Waals surface area contributed by atoms with Crippen LogP contribution in [0.5, 0.6) is 0 Å². The lowest BCUT2D eigenvalue weighted by Crippen LogP contribution is -2.31. The van der Waals surface area contributed by atoms with E-state index in [1.165, 1.54) is 0 Å². The van der Waals surface area contributed by atoms with Crippen LogP contribution >= 0.6 is 0 Å². The van der Waals surface area contributed by atoms with Crippen molar-refractivity contribution in [2.75, 3.05) is 0 Å². The van der Waals surface area contributed by atoms with Gasteiger partial charge in [0.2, 0.25) is 0 Å². The van der Waals surface area contributed by atoms with Crippen molar-refractivity contribution >= 4 is 11.5 Å². The van der Waals surface area contributed by atoms with Crippen molar-refractivity contribution in [2.24, 2.45) is 5.41 Å². The summed E-state index contributed by atoms with van der Waals surface area (Å²) in [7, 11) is 0. The molecule has 0 bridgehead atoms. The fourth-order valence-electron chi connectivity index (χ4n) is 1.98. The summed E-state index contributed by atoms with van der Waals surface area (Å²) in [5.41, 5.74) is -0.132. The molecule has 1 N–H and O–H groups in total. The molecule has 1 aliphatic rings. The van der Waals surface area contributed by atoms with Gasteiger partial charge >= 0.3 is 5.97 Å². The topological polar surface area (TPSA) is 61.1 Å². The van der Waals surface area contributed by atoms with Gasteiger partial charge in [-0.05, 0) is 17.6 Å². The number of aliphatic carboxylic acids is 1. The Morgan fingerprint density at radius 3 is 2.65 bits per heavy atom. The molecule has 0 spiro atoms. The summed E-state index contributed by atoms with van der Waals surface area (Å²) in [6.07, 6.45) is 5.42. The van der Waals surface area contributed by atoms with Gasteiger partial charge < -0.3 is 5.11 Å². The van der Waals surface area contributed by atoms with Gasteiger partial charge in [0.15, 0.2) is 5.41 Å². The second-order valence-electron chi connectivity index (χ2n) is 3.90. The summed E-state index contributed by atoms with van der Waals surface area (Å²) in [4.78, 5) is 11.4. The van der Waals surface area contributed by atoms with Crippen LogP contribution in [0.2, 0.25) is 0 Å². The van der Waals surface area contributed by atoms with Crippen LogP contribution in [0, 0.1) is 16.7 Å². The highest BCUT2D eigenvalue weighted by Crippen LogP contribution is 2.40. The molecule has 0 aliphatic heterocycles. The van der Waals surface area contributed by atoms with Gasteiger partial charge in [0, 0.05) is 0 Å². The summed E-state index contributed by atoms with van der Waals surface area (Å²) in [6, 6.07) is 11.1. The summed E-state index contributed by atoms with van der Waals surface area (Å²) in [6.45, 7) is 0. The first-order chi connectivity index (χ1) is 8.20. The van der Waals surface area contributed by atoms with E-state index >= 15 is 0 Å². The summed E-state index contributed by atoms with van der Waals surface area (Å²) < 4.78 is 0. The molecule has 0 radical (unpaired) electrons. The van der Waals surface area contributed by atoms with E-state index < -0.39 is 11.4 Å². The van der Waals surface area contributed by atoms with Gasteiger partial charge in [-0.1, -0.05) is 48.6 Å². The van der Waals surface area contributed by atoms with Crippen LogP contribution in [0.4, 0.5) is 0 Å². The zero-order chi connectivity index (χ0) is 12.3. The predicted octanol–water partition coefficient (Wildman–Crippen LogP) is 2.62. The Kier molecular flexibility index (Phi) is 2.80. The fraction of sp³-hybridized carbons (Fsp3) is 0.143. The van der Waals surface area contributed by atoms with Crippen LogP contribution in [-0.2, 0) is 4.79 Å². The van der Waals surface area contributed by atoms with Gasteiger partial charge in [-0.3, -0.25) is 4.79 Å². The van der Waals surface area contributed by atoms with Gasteiger partial charge in [0.25, 0.3) is 0 Å². The van der Waals surface area contributed by atoms with Crippen LogP contribution in [0.3, 0.4) is 0 Å². The fourth-order valence-corrected chi connectivity index (χ4v) is 1.98. The molecule has 0 aromatic heterocycles. The first-order valence-corrected chi connectivity index (χ1v) is 5.28. The molecule has 1 atom stereocenters. The maximum atomic E-state index is 11.4. The zero-order valence-electron chi connectivity index (χ0n) is 9.13. The van der Waals surface area contributed by atoms with Crippen LogP contribution in [0.15, 0.2) is 48.6 Å². The Morgan fingerprint density at radius 1 is 1.35 bits per heavy atom. The maximum Gasteiger partial charge on any atom is 0.329 e. The highest BCUT2D eigenvalue weighted by molar-refractivity contribution is 5.96. The lowest BCUT2D eigenvalue weighted by Gasteiger charge is -2.26. The number of carboxylic acid groups (broad SMARTS) is 1. The molecule has 17 heavy (non-hydrogen) atoms. The molecular weight excluding hydrogens is 214 g/mol. The summed E-state index contributed by atoms with van der Waals surface area (Å²) in [5, 5.41) is 18.6. The molecule has 1 aromatic carbocycles. The number of nitriles is 1. The normalized spacial score (nSPS) is 22.6. The molecule has 1 aliphatic carbocycles. The molecule has 3 heteroatoms. The van der Waals surface area contributed by atoms with Gasteiger partial charge in [0.1, 0.15) is 0 Å². The summed E-state index contributed by atoms with van der Waals surface area (Å²) in [5.74, 6) is -1.10. The predicted molar refractivity (Wildman–Crippen MR) is 63.9 cm³/mol. The number of benzene rings is 1. The van der Waals surface area contributed by atoms with Crippen molar-refractivity contribution in [3.8, 4) is 6.07 Å². The number of carboxylic acids is 1. The third-order valence-electron chi connectivity index (χ3n) is 2.92. The van der Waals surface area contributed by atoms with Crippen molar-refractivity contribution in [3.63, 3.8) is 0 Å². The van der Waals surface area contributed by atoms with E-state index in [-0.39, 0.29) is 6.42 Å². The Labute approximate surface area is 99.3 Å². The van der Waals surface area contributed by atoms with Gasteiger partial charge in [0.05, 0.1) is 6.07 Å². The summed E-state index contributed by atoms with van der Waals surface area (Å²) >= 11 is 0. The number of nitrogens with zero attached hydrogens (tertiary/aromatic N) is 1. The van der Waals surface area contributed by atoms with Gasteiger partial charge in [-0.25, -0.2) is 0 Å². The average molecular weight is 225 g/mol. The van der Waals surface area contributed by atoms with Crippen LogP contribution in [0.25, 0.3) is 5.57 Å². The van der Waals surface area contributed by atoms with E-state index in [1.807, 2.05) is 36.4 Å². The highest BCUT2D eigenvalue weighted by Gasteiger charge is 2.43. The lowest BCUT2D eigenvalue weighted by molar-refractivity contribution is -0.142. The Bertz CT molecular complexity index is 537. The van der Waals surface area contributed by atoms with Crippen LogP contribution in [0.1, 0.15) is 12.0 Å². The molecule has 0 heterocycles. The van der Waals surface area contributed by atoms with E-state index in [2.05, 4.69) is 0 Å². The molecule has 84 valence electrons. The minimum atomic E-state index is -1.46. The Balaban J connectivity index is 2.57. The van der Waals surface area contributed by atoms with Crippen molar-refractivity contribution < 1.29 is 9.90 Å². The molecule has 0 saturated heterocycles. The SMILES string of the molecule is N#CC1(C(=O)O)CC=CC=C1c1ccccc1. The average Bonchev–Trinajstić information content (AvgIpc) is 2.39. The third-order valence-corrected chi connectivity index (χ3v) is 2.92. The second-order valence-corrected chi connectivity index (χ2v) is 3.90. The van der Waals surface area contributed by atoms with Crippen molar-refractivity contribution in [1.29, 1.82) is 5.26 Å². The quantitative estimate of drug-likeness (QED) is 0.841. The second kappa shape index (κ2) is 4.26. The number of hydrogen-bond donors (Lipinski definition) is 1. The molecule has 0 fully saturated rings. The minimum Gasteiger partial charge on any atom is -0.480 e. The number of carbonyl (C=O) groups is 1. The molecular formula is C14H11NO2. The Morgan fingerprint density at radius 2 is 2.06 bits per heavy atom. The molecule has 0 amide bonds. The standard InChI is InChI=1S/C14H11NO2/c15-10-14(13(16)17)9-5-4-8-12(14)11-6-2-1-3-7-11/h1-8H,9H2,(H,16,17). The third kappa shape index (κ3) is 1.74. The van der Waals surface area contributed by atoms with Gasteiger partial charge in [-0.2, -0.15) is 5.26 Å². The van der Waals surface area contributed by atoms with Crippen LogP contribution < -0.4 is 0 Å². The zero-order valence-corrected chi connectivity index (χ0v) is 9.13. The molecule has 3 nitrogen and oxygen atoms in total. The number of hydrogen-bond acceptors (Lipinski definition) is 2. The monoisotopic (exact) mass is 225 g/mol. The van der Waals surface area contributed by atoms with Crippen molar-refractivity contribution in [1.82, 2.24) is 0 Å². The smallest absolute Gasteiger partial charge is 0.329 e. The van der Waals surface area contributed by atoms with Gasteiger partial charge in [-0.15, -0.1) is 0 Å². The van der Waals surface area contributed by atoms with E-state index in [9.17, 15) is 15.2 Å². The molecule has 0 saturated carbocycles. The maximum absolute atomic E-state index is 11.4. The highest BCUT2D eigenvalue weighted by atomic mass is 16.4. The molecule has 1 aromatic rings. The Hall–Kier alpha value is -2.34. The first-order valence-electron chi connectivity index (χ1n) is 5.28. The molecule has 2 rings (SSSR count). The van der Waals surface area contributed by atoms with Crippen LogP contribution in [-0.4, -0.2) is 11.1 Å². The van der Waals surface area contributed by atoms with Crippen molar-refractivity contribution in [3.05, 3.63) is 54.1 Å². The van der Waals surface area contributed by atoms with E-state index in [0.29, 0.717) is 5.57 Å². The number of rotatable bonds is 2. The van der Waals surface area contributed by atoms with E-state index in [0.717, 1.165) is 5.56 Å². The number of allylic oxidation sites excluding steroid dienone is 3. The van der Waals surface area contributed by atoms with E-state index in [4.69, 9.17) is 0 Å². The largest absolute Gasteiger partial charge is 0.480 e. The molecule has 1 unspecified atom stereocenters. The van der Waals surface area contributed by atoms with E-state index in [1.54, 1.807) is 18.2 Å². The first kappa shape index (κ1) is 11.2. The lowest BCUT2D eigenvalue weighted by atomic mass is 9.73. The minimum absolute atomic E-state index is 0.208.